The standard InChI is InChI=1S/C46H40F12N2/c1-39(2)19-10-14-30(18-21-39)42(29-12-6-5-7-13-29)36-16-9-8-15-31(36)32-26-37-33(27-38(32)42)34-28-40(3,4)20-11-17-35(34)41(37,22-24-59(43(47,48)49)44(50,51)52)23-25-60(45(53,54)55)46(56,57)58/h5-21,26-28H,22-25H2,1-4H3. The third kappa shape index (κ3) is 7.47. The number of fused-ring (bicyclic) bond motifs is 6. The monoisotopic (exact) mass is 848 g/mol. The summed E-state index contributed by atoms with van der Waals surface area (Å²) >= 11 is 0. The third-order valence-corrected chi connectivity index (χ3v) is 12.0. The van der Waals surface area contributed by atoms with E-state index >= 15 is 0 Å². The van der Waals surface area contributed by atoms with Crippen molar-refractivity contribution < 1.29 is 52.7 Å². The first-order chi connectivity index (χ1) is 27.7. The van der Waals surface area contributed by atoms with Crippen LogP contribution >= 0.6 is 0 Å². The Morgan fingerprint density at radius 2 is 1.03 bits per heavy atom. The predicted molar refractivity (Wildman–Crippen MR) is 206 cm³/mol. The Hall–Kier alpha value is -4.82. The first-order valence-electron chi connectivity index (χ1n) is 19.1. The summed E-state index contributed by atoms with van der Waals surface area (Å²) in [5, 5.41) is 0. The Morgan fingerprint density at radius 3 is 1.62 bits per heavy atom. The van der Waals surface area contributed by atoms with Gasteiger partial charge in [-0.15, -0.1) is 9.80 Å². The van der Waals surface area contributed by atoms with Gasteiger partial charge in [-0.25, -0.2) is 0 Å². The Bertz CT molecular complexity index is 2280. The molecule has 0 saturated carbocycles. The summed E-state index contributed by atoms with van der Waals surface area (Å²) in [5.41, 5.74) is 0.343. The zero-order valence-electron chi connectivity index (χ0n) is 32.8. The van der Waals surface area contributed by atoms with Crippen molar-refractivity contribution in [2.45, 2.75) is 76.6 Å². The van der Waals surface area contributed by atoms with E-state index in [0.717, 1.165) is 16.7 Å². The minimum Gasteiger partial charge on any atom is -0.155 e. The van der Waals surface area contributed by atoms with Crippen LogP contribution in [-0.4, -0.2) is 48.1 Å². The highest BCUT2D eigenvalue weighted by molar-refractivity contribution is 5.96. The fraction of sp³-hybridized carbons (Fsp3) is 0.348. The molecular formula is C46H40F12N2. The van der Waals surface area contributed by atoms with Crippen LogP contribution in [0.5, 0.6) is 0 Å². The predicted octanol–water partition coefficient (Wildman–Crippen LogP) is 13.7. The van der Waals surface area contributed by atoms with Crippen molar-refractivity contribution >= 4 is 5.57 Å². The second kappa shape index (κ2) is 14.4. The molecule has 1 unspecified atom stereocenters. The number of alkyl halides is 12. The van der Waals surface area contributed by atoms with Crippen molar-refractivity contribution in [2.24, 2.45) is 10.8 Å². The van der Waals surface area contributed by atoms with Gasteiger partial charge < -0.3 is 0 Å². The fourth-order valence-electron chi connectivity index (χ4n) is 9.31. The second-order valence-electron chi connectivity index (χ2n) is 16.8. The van der Waals surface area contributed by atoms with Crippen LogP contribution in [0.4, 0.5) is 52.7 Å². The molecule has 0 N–H and O–H groups in total. The van der Waals surface area contributed by atoms with E-state index in [1.165, 1.54) is 12.2 Å². The van der Waals surface area contributed by atoms with Gasteiger partial charge in [0, 0.05) is 29.3 Å². The molecule has 0 bridgehead atoms. The molecule has 3 aromatic carbocycles. The van der Waals surface area contributed by atoms with Gasteiger partial charge in [0.25, 0.3) is 0 Å². The molecule has 318 valence electrons. The van der Waals surface area contributed by atoms with Crippen molar-refractivity contribution in [2.75, 3.05) is 13.1 Å². The largest absolute Gasteiger partial charge is 0.467 e. The lowest BCUT2D eigenvalue weighted by atomic mass is 9.66. The maximum atomic E-state index is 14.1. The summed E-state index contributed by atoms with van der Waals surface area (Å²) in [5.74, 6) is 0. The summed E-state index contributed by atoms with van der Waals surface area (Å²) in [6, 6.07) is 20.1. The van der Waals surface area contributed by atoms with Gasteiger partial charge >= 0.3 is 25.2 Å². The van der Waals surface area contributed by atoms with Gasteiger partial charge in [0.1, 0.15) is 0 Å². The number of hydrogen-bond donors (Lipinski definition) is 0. The summed E-state index contributed by atoms with van der Waals surface area (Å²) in [7, 11) is 0. The van der Waals surface area contributed by atoms with Gasteiger partial charge in [0.05, 0.1) is 5.41 Å². The molecule has 4 aliphatic rings. The highest BCUT2D eigenvalue weighted by Crippen LogP contribution is 2.63. The lowest BCUT2D eigenvalue weighted by Crippen LogP contribution is -2.51. The van der Waals surface area contributed by atoms with Crippen molar-refractivity contribution in [3.05, 3.63) is 160 Å². The molecule has 1 atom stereocenters. The molecule has 7 rings (SSSR count). The van der Waals surface area contributed by atoms with Gasteiger partial charge in [-0.3, -0.25) is 0 Å². The van der Waals surface area contributed by atoms with E-state index in [1.807, 2.05) is 86.7 Å². The molecule has 0 saturated heterocycles. The van der Waals surface area contributed by atoms with E-state index < -0.39 is 77.2 Å². The van der Waals surface area contributed by atoms with E-state index in [4.69, 9.17) is 0 Å². The number of allylic oxidation sites excluding steroid dienone is 12. The SMILES string of the molecule is CC1(C)C=CC=C(C2(c3ccccc3)c3ccccc3-c3cc4c(cc32)C2=CC(C)(C)C=CC=C2C4(CCN(C(F)(F)F)C(F)(F)F)CCN(C(F)(F)F)C(F)(F)F)C=C1. The lowest BCUT2D eigenvalue weighted by Gasteiger charge is -2.38. The highest BCUT2D eigenvalue weighted by Gasteiger charge is 2.59. The van der Waals surface area contributed by atoms with E-state index in [1.54, 1.807) is 50.3 Å². The van der Waals surface area contributed by atoms with Crippen LogP contribution in [0.25, 0.3) is 16.7 Å². The number of rotatable bonds is 8. The molecule has 0 aliphatic heterocycles. The van der Waals surface area contributed by atoms with Crippen molar-refractivity contribution in [1.82, 2.24) is 9.80 Å². The zero-order chi connectivity index (χ0) is 43.9. The van der Waals surface area contributed by atoms with E-state index in [2.05, 4.69) is 0 Å². The average molecular weight is 849 g/mol. The molecule has 2 nitrogen and oxygen atoms in total. The summed E-state index contributed by atoms with van der Waals surface area (Å²) < 4.78 is 170. The van der Waals surface area contributed by atoms with Crippen LogP contribution in [0.2, 0.25) is 0 Å². The Morgan fingerprint density at radius 1 is 0.517 bits per heavy atom. The average Bonchev–Trinajstić information content (AvgIpc) is 3.33. The zero-order valence-corrected chi connectivity index (χ0v) is 32.8. The molecule has 0 radical (unpaired) electrons. The topological polar surface area (TPSA) is 6.48 Å². The molecule has 60 heavy (non-hydrogen) atoms. The lowest BCUT2D eigenvalue weighted by molar-refractivity contribution is -0.373. The minimum absolute atomic E-state index is 0.0217. The van der Waals surface area contributed by atoms with Crippen LogP contribution < -0.4 is 0 Å². The van der Waals surface area contributed by atoms with Gasteiger partial charge in [-0.05, 0) is 80.6 Å². The van der Waals surface area contributed by atoms with Crippen LogP contribution in [-0.2, 0) is 10.8 Å². The first kappa shape index (κ1) is 43.3. The quantitative estimate of drug-likeness (QED) is 0.165. The van der Waals surface area contributed by atoms with Crippen LogP contribution in [0.1, 0.15) is 68.4 Å². The third-order valence-electron chi connectivity index (χ3n) is 12.0. The molecule has 0 heterocycles. The van der Waals surface area contributed by atoms with Crippen molar-refractivity contribution in [3.8, 4) is 11.1 Å². The fourth-order valence-corrected chi connectivity index (χ4v) is 9.31. The molecule has 4 aliphatic carbocycles. The van der Waals surface area contributed by atoms with Crippen molar-refractivity contribution in [3.63, 3.8) is 0 Å². The van der Waals surface area contributed by atoms with Crippen LogP contribution in [0.3, 0.4) is 0 Å². The molecular weight excluding hydrogens is 808 g/mol. The van der Waals surface area contributed by atoms with Gasteiger partial charge in [-0.2, -0.15) is 52.7 Å². The van der Waals surface area contributed by atoms with Gasteiger partial charge in [-0.1, -0.05) is 137 Å². The van der Waals surface area contributed by atoms with Crippen molar-refractivity contribution in [1.29, 1.82) is 0 Å². The maximum absolute atomic E-state index is 14.1. The minimum atomic E-state index is -5.97. The molecule has 14 heteroatoms. The first-order valence-corrected chi connectivity index (χ1v) is 19.1. The number of benzene rings is 3. The van der Waals surface area contributed by atoms with Crippen LogP contribution in [0.15, 0.2) is 133 Å². The Balaban J connectivity index is 1.58. The van der Waals surface area contributed by atoms with Gasteiger partial charge in [0.2, 0.25) is 0 Å². The highest BCUT2D eigenvalue weighted by atomic mass is 19.4. The second-order valence-corrected chi connectivity index (χ2v) is 16.8. The molecule has 0 spiro atoms. The molecule has 0 amide bonds. The normalized spacial score (nSPS) is 21.5. The molecule has 0 aromatic heterocycles. The Labute approximate surface area is 339 Å². The summed E-state index contributed by atoms with van der Waals surface area (Å²) in [4.78, 5) is -3.37. The summed E-state index contributed by atoms with van der Waals surface area (Å²) in [6.07, 6.45) is -9.92. The van der Waals surface area contributed by atoms with E-state index in [-0.39, 0.29) is 22.1 Å². The maximum Gasteiger partial charge on any atom is 0.467 e. The van der Waals surface area contributed by atoms with Crippen LogP contribution in [0, 0.1) is 10.8 Å². The molecule has 3 aromatic rings. The summed E-state index contributed by atoms with van der Waals surface area (Å²) in [6.45, 7) is 3.98. The molecule has 0 fully saturated rings. The van der Waals surface area contributed by atoms with E-state index in [0.29, 0.717) is 22.3 Å². The number of halogens is 12. The number of nitrogens with zero attached hydrogens (tertiary/aromatic N) is 2. The Kier molecular flexibility index (Phi) is 10.4. The smallest absolute Gasteiger partial charge is 0.155 e. The van der Waals surface area contributed by atoms with E-state index in [9.17, 15) is 52.7 Å². The number of hydrogen-bond acceptors (Lipinski definition) is 2. The van der Waals surface area contributed by atoms with Gasteiger partial charge in [0.15, 0.2) is 0 Å².